The van der Waals surface area contributed by atoms with E-state index in [4.69, 9.17) is 16.3 Å². The van der Waals surface area contributed by atoms with Crippen LogP contribution in [0.15, 0.2) is 10.5 Å². The van der Waals surface area contributed by atoms with Gasteiger partial charge in [0.2, 0.25) is 0 Å². The average molecular weight is 545 g/mol. The molecule has 0 bridgehead atoms. The number of nitrogens with one attached hydrogen (secondary N) is 1. The zero-order valence-corrected chi connectivity index (χ0v) is 21.3. The van der Waals surface area contributed by atoms with Crippen LogP contribution in [0.4, 0.5) is 14.6 Å². The third-order valence-electron chi connectivity index (χ3n) is 7.86. The molecule has 2 aliphatic heterocycles. The third kappa shape index (κ3) is 4.09. The van der Waals surface area contributed by atoms with Gasteiger partial charge in [-0.2, -0.15) is 9.97 Å². The summed E-state index contributed by atoms with van der Waals surface area (Å²) >= 11 is 9.47. The largest absolute Gasteiger partial charge is 0.461 e. The van der Waals surface area contributed by atoms with Gasteiger partial charge in [-0.05, 0) is 74.7 Å². The summed E-state index contributed by atoms with van der Waals surface area (Å²) in [7, 11) is 4.15. The summed E-state index contributed by atoms with van der Waals surface area (Å²) in [5.41, 5.74) is -0.146. The molecule has 0 radical (unpaired) electrons. The van der Waals surface area contributed by atoms with Gasteiger partial charge >= 0.3 is 6.01 Å². The molecule has 1 saturated carbocycles. The molecule has 6 nitrogen and oxygen atoms in total. The van der Waals surface area contributed by atoms with Crippen LogP contribution in [-0.2, 0) is 0 Å². The standard InChI is InChI=1S/C23H29BrClF2N5O/c1-31(2)22(5-3-6-22)12-28-20-15-9-16(25)17(24)18(27)19(15)29-21(30-20)33-13-23-7-4-8-32(23)11-14(26)10-23/h9,14H,3-8,10-13H2,1-2H3,(H,28,29,30)/t14-,23+/m1/s1. The van der Waals surface area contributed by atoms with Crippen molar-refractivity contribution >= 4 is 44.3 Å². The second-order valence-corrected chi connectivity index (χ2v) is 11.1. The quantitative estimate of drug-likeness (QED) is 0.493. The van der Waals surface area contributed by atoms with Crippen LogP contribution in [0, 0.1) is 5.82 Å². The minimum Gasteiger partial charge on any atom is -0.461 e. The maximum Gasteiger partial charge on any atom is 0.319 e. The van der Waals surface area contributed by atoms with Crippen LogP contribution < -0.4 is 10.1 Å². The number of anilines is 1. The minimum absolute atomic E-state index is 0.0410. The van der Waals surface area contributed by atoms with E-state index in [1.807, 2.05) is 0 Å². The third-order valence-corrected chi connectivity index (χ3v) is 9.16. The van der Waals surface area contributed by atoms with E-state index >= 15 is 4.39 Å². The van der Waals surface area contributed by atoms with Gasteiger partial charge in [-0.3, -0.25) is 4.90 Å². The number of likely N-dealkylation sites (N-methyl/N-ethyl adjacent to an activating group) is 1. The lowest BCUT2D eigenvalue weighted by molar-refractivity contribution is 0.0738. The predicted octanol–water partition coefficient (Wildman–Crippen LogP) is 5.04. The van der Waals surface area contributed by atoms with E-state index in [2.05, 4.69) is 55.1 Å². The SMILES string of the molecule is CN(C)C1(CNc2nc(OC[C@@]34CCCN3C[C@H](F)C4)nc3c(F)c(Br)c(Cl)cc23)CCC1. The van der Waals surface area contributed by atoms with Crippen LogP contribution in [0.5, 0.6) is 6.01 Å². The van der Waals surface area contributed by atoms with E-state index in [0.717, 1.165) is 32.2 Å². The summed E-state index contributed by atoms with van der Waals surface area (Å²) in [5.74, 6) is -0.0592. The predicted molar refractivity (Wildman–Crippen MR) is 130 cm³/mol. The topological polar surface area (TPSA) is 53.5 Å². The van der Waals surface area contributed by atoms with Gasteiger partial charge in [0, 0.05) is 30.4 Å². The number of alkyl halides is 1. The highest BCUT2D eigenvalue weighted by molar-refractivity contribution is 9.10. The Morgan fingerprint density at radius 1 is 1.30 bits per heavy atom. The van der Waals surface area contributed by atoms with E-state index in [-0.39, 0.29) is 38.7 Å². The molecule has 0 unspecified atom stereocenters. The number of fused-ring (bicyclic) bond motifs is 2. The number of benzene rings is 1. The van der Waals surface area contributed by atoms with Crippen LogP contribution in [-0.4, -0.2) is 77.4 Å². The van der Waals surface area contributed by atoms with Gasteiger partial charge in [0.05, 0.1) is 15.0 Å². The van der Waals surface area contributed by atoms with Gasteiger partial charge in [0.25, 0.3) is 0 Å². The molecule has 3 heterocycles. The fourth-order valence-corrected chi connectivity index (χ4v) is 6.11. The molecule has 0 spiro atoms. The number of hydrogen-bond acceptors (Lipinski definition) is 6. The van der Waals surface area contributed by atoms with Gasteiger partial charge in [-0.1, -0.05) is 11.6 Å². The van der Waals surface area contributed by atoms with Gasteiger partial charge in [-0.25, -0.2) is 8.78 Å². The van der Waals surface area contributed by atoms with Crippen molar-refractivity contribution in [1.82, 2.24) is 19.8 Å². The highest BCUT2D eigenvalue weighted by Crippen LogP contribution is 2.41. The number of nitrogens with zero attached hydrogens (tertiary/aromatic N) is 4. The number of rotatable bonds is 7. The monoisotopic (exact) mass is 543 g/mol. The van der Waals surface area contributed by atoms with E-state index in [1.54, 1.807) is 6.07 Å². The second-order valence-electron chi connectivity index (χ2n) is 9.93. The molecular formula is C23H29BrClF2N5O. The Hall–Kier alpha value is -1.29. The minimum atomic E-state index is -0.844. The van der Waals surface area contributed by atoms with Crippen molar-refractivity contribution in [3.8, 4) is 6.01 Å². The first kappa shape index (κ1) is 23.5. The summed E-state index contributed by atoms with van der Waals surface area (Å²) in [6, 6.07) is 1.76. The van der Waals surface area contributed by atoms with Crippen molar-refractivity contribution in [2.75, 3.05) is 45.7 Å². The first-order valence-electron chi connectivity index (χ1n) is 11.5. The summed E-state index contributed by atoms with van der Waals surface area (Å²) in [4.78, 5) is 13.4. The number of ether oxygens (including phenoxy) is 1. The lowest BCUT2D eigenvalue weighted by Crippen LogP contribution is -2.54. The Labute approximate surface area is 206 Å². The molecular weight excluding hydrogens is 516 g/mol. The molecule has 0 amide bonds. The van der Waals surface area contributed by atoms with Crippen LogP contribution in [0.25, 0.3) is 10.9 Å². The van der Waals surface area contributed by atoms with Gasteiger partial charge in [0.1, 0.15) is 24.1 Å². The Bertz CT molecular complexity index is 1070. The van der Waals surface area contributed by atoms with Crippen molar-refractivity contribution in [2.24, 2.45) is 0 Å². The normalized spacial score (nSPS) is 26.6. The van der Waals surface area contributed by atoms with E-state index < -0.39 is 12.0 Å². The Balaban J connectivity index is 1.46. The van der Waals surface area contributed by atoms with Crippen molar-refractivity contribution < 1.29 is 13.5 Å². The van der Waals surface area contributed by atoms with Gasteiger partial charge < -0.3 is 15.0 Å². The molecule has 3 aliphatic rings. The molecule has 33 heavy (non-hydrogen) atoms. The summed E-state index contributed by atoms with van der Waals surface area (Å²) in [6.45, 7) is 2.28. The van der Waals surface area contributed by atoms with Crippen LogP contribution >= 0.6 is 27.5 Å². The molecule has 1 aliphatic carbocycles. The maximum atomic E-state index is 15.1. The average Bonchev–Trinajstić information content (AvgIpc) is 3.25. The fraction of sp³-hybridized carbons (Fsp3) is 0.652. The molecule has 180 valence electrons. The molecule has 3 fully saturated rings. The highest BCUT2D eigenvalue weighted by atomic mass is 79.9. The summed E-state index contributed by atoms with van der Waals surface area (Å²) in [6.07, 6.45) is 4.86. The van der Waals surface area contributed by atoms with E-state index in [0.29, 0.717) is 30.7 Å². The van der Waals surface area contributed by atoms with Crippen LogP contribution in [0.3, 0.4) is 0 Å². The Morgan fingerprint density at radius 2 is 2.09 bits per heavy atom. The zero-order valence-electron chi connectivity index (χ0n) is 18.9. The number of halogens is 4. The van der Waals surface area contributed by atoms with E-state index in [9.17, 15) is 4.39 Å². The number of aromatic nitrogens is 2. The Kier molecular flexibility index (Phi) is 6.21. The van der Waals surface area contributed by atoms with Crippen LogP contribution in [0.1, 0.15) is 38.5 Å². The van der Waals surface area contributed by atoms with Gasteiger partial charge in [0.15, 0.2) is 5.82 Å². The molecule has 5 rings (SSSR count). The molecule has 2 aromatic rings. The highest BCUT2D eigenvalue weighted by Gasteiger charge is 2.49. The zero-order chi connectivity index (χ0) is 23.4. The molecule has 1 N–H and O–H groups in total. The van der Waals surface area contributed by atoms with Gasteiger partial charge in [-0.15, -0.1) is 0 Å². The molecule has 10 heteroatoms. The summed E-state index contributed by atoms with van der Waals surface area (Å²) in [5, 5.41) is 4.18. The van der Waals surface area contributed by atoms with Crippen molar-refractivity contribution in [2.45, 2.75) is 55.8 Å². The number of hydrogen-bond donors (Lipinski definition) is 1. The van der Waals surface area contributed by atoms with Crippen molar-refractivity contribution in [1.29, 1.82) is 0 Å². The summed E-state index contributed by atoms with van der Waals surface area (Å²) < 4.78 is 35.5. The first-order valence-corrected chi connectivity index (χ1v) is 12.7. The Morgan fingerprint density at radius 3 is 2.79 bits per heavy atom. The fourth-order valence-electron chi connectivity index (χ4n) is 5.61. The molecule has 2 saturated heterocycles. The molecule has 2 atom stereocenters. The van der Waals surface area contributed by atoms with E-state index in [1.165, 1.54) is 6.42 Å². The lowest BCUT2D eigenvalue weighted by atomic mass is 9.75. The van der Waals surface area contributed by atoms with Crippen LogP contribution in [0.2, 0.25) is 5.02 Å². The second kappa shape index (κ2) is 8.73. The smallest absolute Gasteiger partial charge is 0.319 e. The van der Waals surface area contributed by atoms with Crippen molar-refractivity contribution in [3.63, 3.8) is 0 Å². The van der Waals surface area contributed by atoms with Crippen molar-refractivity contribution in [3.05, 3.63) is 21.4 Å². The maximum absolute atomic E-state index is 15.1. The lowest BCUT2D eigenvalue weighted by Gasteiger charge is -2.47. The molecule has 1 aromatic carbocycles. The first-order chi connectivity index (χ1) is 15.7. The molecule has 1 aromatic heterocycles.